The Morgan fingerprint density at radius 1 is 1.38 bits per heavy atom. The fourth-order valence-electron chi connectivity index (χ4n) is 1.83. The number of carbonyl (C=O) groups excluding carboxylic acids is 3. The van der Waals surface area contributed by atoms with Gasteiger partial charge in [-0.15, -0.1) is 11.3 Å². The van der Waals surface area contributed by atoms with Gasteiger partial charge in [-0.1, -0.05) is 20.8 Å². The molecule has 1 atom stereocenters. The molecule has 0 fully saturated rings. The van der Waals surface area contributed by atoms with Crippen molar-refractivity contribution in [2.75, 3.05) is 0 Å². The number of ether oxygens (including phenoxy) is 1. The van der Waals surface area contributed by atoms with Gasteiger partial charge in [0, 0.05) is 4.88 Å². The maximum Gasteiger partial charge on any atom is 0.349 e. The molecule has 3 N–H and O–H groups in total. The maximum absolute atomic E-state index is 12.1. The van der Waals surface area contributed by atoms with E-state index in [1.807, 2.05) is 19.2 Å². The van der Waals surface area contributed by atoms with Crippen LogP contribution in [0.5, 0.6) is 0 Å². The molecule has 0 unspecified atom stereocenters. The Morgan fingerprint density at radius 3 is 2.43 bits per heavy atom. The molecule has 0 aliphatic rings. The molecule has 0 aromatic carbocycles. The number of primary amides is 1. The van der Waals surface area contributed by atoms with Crippen molar-refractivity contribution < 1.29 is 19.1 Å². The number of imide groups is 1. The van der Waals surface area contributed by atoms with Crippen molar-refractivity contribution in [3.8, 4) is 0 Å². The minimum atomic E-state index is -1.06. The van der Waals surface area contributed by atoms with Crippen LogP contribution in [0.4, 0.5) is 4.79 Å². The van der Waals surface area contributed by atoms with E-state index in [-0.39, 0.29) is 5.92 Å². The number of hydrogen-bond acceptors (Lipinski definition) is 5. The number of hydrogen-bond donors (Lipinski definition) is 2. The predicted molar refractivity (Wildman–Crippen MR) is 80.2 cm³/mol. The molecule has 116 valence electrons. The van der Waals surface area contributed by atoms with E-state index in [4.69, 9.17) is 10.5 Å². The fraction of sp³-hybridized carbons (Fsp3) is 0.500. The van der Waals surface area contributed by atoms with Crippen LogP contribution < -0.4 is 11.1 Å². The zero-order valence-corrected chi connectivity index (χ0v) is 13.4. The van der Waals surface area contributed by atoms with Gasteiger partial charge in [-0.05, 0) is 30.9 Å². The molecule has 1 aromatic heterocycles. The van der Waals surface area contributed by atoms with Gasteiger partial charge in [-0.25, -0.2) is 9.59 Å². The van der Waals surface area contributed by atoms with E-state index in [2.05, 4.69) is 0 Å². The second kappa shape index (κ2) is 7.21. The lowest BCUT2D eigenvalue weighted by atomic mass is 10.1. The molecule has 0 aliphatic heterocycles. The lowest BCUT2D eigenvalue weighted by molar-refractivity contribution is -0.130. The Bertz CT molecular complexity index is 551. The third-order valence-electron chi connectivity index (χ3n) is 2.89. The third kappa shape index (κ3) is 4.56. The van der Waals surface area contributed by atoms with Crippen molar-refractivity contribution in [1.82, 2.24) is 5.32 Å². The largest absolute Gasteiger partial charge is 0.448 e. The van der Waals surface area contributed by atoms with E-state index in [1.165, 1.54) is 11.3 Å². The van der Waals surface area contributed by atoms with Crippen molar-refractivity contribution in [2.24, 2.45) is 11.7 Å². The van der Waals surface area contributed by atoms with Crippen molar-refractivity contribution in [3.63, 3.8) is 0 Å². The Hall–Kier alpha value is -1.89. The zero-order valence-electron chi connectivity index (χ0n) is 12.6. The number of nitrogens with two attached hydrogens (primary N) is 1. The van der Waals surface area contributed by atoms with Crippen LogP contribution in [0.2, 0.25) is 0 Å². The molecule has 7 heteroatoms. The molecule has 1 rings (SSSR count). The van der Waals surface area contributed by atoms with Crippen molar-refractivity contribution in [3.05, 3.63) is 21.4 Å². The standard InChI is InChI=1S/C14H20N2O4S/c1-5-9-8(4)6-10(21-9)13(18)20-11(7(2)3)12(17)16-14(15)19/h6-7,11H,5H2,1-4H3,(H3,15,16,17,19)/t11-/m0/s1. The molecule has 0 bridgehead atoms. The molecule has 0 radical (unpaired) electrons. The normalized spacial score (nSPS) is 12.0. The van der Waals surface area contributed by atoms with E-state index >= 15 is 0 Å². The topological polar surface area (TPSA) is 98.5 Å². The van der Waals surface area contributed by atoms with Crippen LogP contribution in [-0.4, -0.2) is 24.0 Å². The quantitative estimate of drug-likeness (QED) is 0.812. The second-order valence-corrected chi connectivity index (χ2v) is 6.13. The van der Waals surface area contributed by atoms with E-state index in [9.17, 15) is 14.4 Å². The third-order valence-corrected chi connectivity index (χ3v) is 4.25. The minimum absolute atomic E-state index is 0.278. The molecule has 21 heavy (non-hydrogen) atoms. The van der Waals surface area contributed by atoms with Gasteiger partial charge in [0.05, 0.1) is 0 Å². The Balaban J connectivity index is 2.85. The van der Waals surface area contributed by atoms with Crippen LogP contribution in [0.25, 0.3) is 0 Å². The van der Waals surface area contributed by atoms with Gasteiger partial charge < -0.3 is 10.5 Å². The SMILES string of the molecule is CCc1sc(C(=O)O[C@H](C(=O)NC(N)=O)C(C)C)cc1C. The number of nitrogens with one attached hydrogen (secondary N) is 1. The maximum atomic E-state index is 12.1. The number of aryl methyl sites for hydroxylation is 2. The monoisotopic (exact) mass is 312 g/mol. The fourth-order valence-corrected chi connectivity index (χ4v) is 2.83. The van der Waals surface area contributed by atoms with E-state index in [1.54, 1.807) is 19.9 Å². The van der Waals surface area contributed by atoms with Crippen LogP contribution in [0.3, 0.4) is 0 Å². The highest BCUT2D eigenvalue weighted by molar-refractivity contribution is 7.14. The highest BCUT2D eigenvalue weighted by Crippen LogP contribution is 2.24. The average molecular weight is 312 g/mol. The molecule has 1 heterocycles. The first-order chi connectivity index (χ1) is 9.76. The summed E-state index contributed by atoms with van der Waals surface area (Å²) in [6, 6.07) is 0.775. The highest BCUT2D eigenvalue weighted by Gasteiger charge is 2.28. The van der Waals surface area contributed by atoms with Crippen LogP contribution in [0.15, 0.2) is 6.07 Å². The highest BCUT2D eigenvalue weighted by atomic mass is 32.1. The number of esters is 1. The van der Waals surface area contributed by atoms with Gasteiger partial charge in [0.15, 0.2) is 6.10 Å². The molecule has 3 amide bonds. The molecular weight excluding hydrogens is 292 g/mol. The zero-order chi connectivity index (χ0) is 16.2. The van der Waals surface area contributed by atoms with Crippen LogP contribution in [0.1, 0.15) is 40.9 Å². The predicted octanol–water partition coefficient (Wildman–Crippen LogP) is 2.00. The molecule has 0 spiro atoms. The number of carbonyl (C=O) groups is 3. The second-order valence-electron chi connectivity index (χ2n) is 4.99. The number of thiophene rings is 1. The summed E-state index contributed by atoms with van der Waals surface area (Å²) in [5.41, 5.74) is 5.93. The summed E-state index contributed by atoms with van der Waals surface area (Å²) in [6.45, 7) is 7.36. The lowest BCUT2D eigenvalue weighted by Gasteiger charge is -2.19. The first kappa shape index (κ1) is 17.2. The van der Waals surface area contributed by atoms with Gasteiger partial charge in [-0.3, -0.25) is 10.1 Å². The molecule has 6 nitrogen and oxygen atoms in total. The van der Waals surface area contributed by atoms with Crippen molar-refractivity contribution >= 4 is 29.2 Å². The van der Waals surface area contributed by atoms with E-state index in [0.717, 1.165) is 16.9 Å². The number of amides is 3. The van der Waals surface area contributed by atoms with Crippen LogP contribution in [0, 0.1) is 12.8 Å². The molecule has 0 saturated heterocycles. The number of urea groups is 1. The minimum Gasteiger partial charge on any atom is -0.448 e. The van der Waals surface area contributed by atoms with Crippen molar-refractivity contribution in [1.29, 1.82) is 0 Å². The van der Waals surface area contributed by atoms with Crippen LogP contribution in [-0.2, 0) is 16.0 Å². The van der Waals surface area contributed by atoms with E-state index < -0.39 is 24.0 Å². The summed E-state index contributed by atoms with van der Waals surface area (Å²) in [7, 11) is 0. The summed E-state index contributed by atoms with van der Waals surface area (Å²) in [6.07, 6.45) is -0.225. The van der Waals surface area contributed by atoms with Gasteiger partial charge >= 0.3 is 12.0 Å². The summed E-state index contributed by atoms with van der Waals surface area (Å²) < 4.78 is 5.23. The van der Waals surface area contributed by atoms with Gasteiger partial charge in [-0.2, -0.15) is 0 Å². The van der Waals surface area contributed by atoms with E-state index in [0.29, 0.717) is 4.88 Å². The van der Waals surface area contributed by atoms with Gasteiger partial charge in [0.25, 0.3) is 5.91 Å². The molecule has 0 saturated carbocycles. The number of rotatable bonds is 5. The van der Waals surface area contributed by atoms with Crippen molar-refractivity contribution in [2.45, 2.75) is 40.2 Å². The smallest absolute Gasteiger partial charge is 0.349 e. The summed E-state index contributed by atoms with van der Waals surface area (Å²) in [5.74, 6) is -1.56. The first-order valence-corrected chi connectivity index (χ1v) is 7.48. The van der Waals surface area contributed by atoms with Gasteiger partial charge in [0.2, 0.25) is 0 Å². The Morgan fingerprint density at radius 2 is 2.00 bits per heavy atom. The first-order valence-electron chi connectivity index (χ1n) is 6.66. The summed E-state index contributed by atoms with van der Waals surface area (Å²) >= 11 is 1.35. The molecular formula is C14H20N2O4S. The average Bonchev–Trinajstić information content (AvgIpc) is 2.75. The lowest BCUT2D eigenvalue weighted by Crippen LogP contribution is -2.45. The Kier molecular flexibility index (Phi) is 5.90. The molecule has 1 aromatic rings. The Labute approximate surface area is 127 Å². The van der Waals surface area contributed by atoms with Gasteiger partial charge in [0.1, 0.15) is 4.88 Å². The molecule has 0 aliphatic carbocycles. The van der Waals surface area contributed by atoms with Crippen LogP contribution >= 0.6 is 11.3 Å². The summed E-state index contributed by atoms with van der Waals surface area (Å²) in [5, 5.41) is 1.93. The summed E-state index contributed by atoms with van der Waals surface area (Å²) in [4.78, 5) is 36.2.